The molecule has 0 unspecified atom stereocenters. The lowest BCUT2D eigenvalue weighted by molar-refractivity contribution is 0.257. The molecule has 1 aromatic heterocycles. The van der Waals surface area contributed by atoms with E-state index in [1.807, 2.05) is 6.20 Å². The molecule has 2 rings (SSSR count). The summed E-state index contributed by atoms with van der Waals surface area (Å²) in [7, 11) is 0. The molecule has 1 saturated heterocycles. The third-order valence-corrected chi connectivity index (χ3v) is 4.11. The minimum Gasteiger partial charge on any atom is -0.357 e. The van der Waals surface area contributed by atoms with Crippen LogP contribution in [0.15, 0.2) is 18.3 Å². The van der Waals surface area contributed by atoms with Gasteiger partial charge in [-0.15, -0.1) is 0 Å². The summed E-state index contributed by atoms with van der Waals surface area (Å²) in [5.41, 5.74) is 1.43. The molecule has 1 atom stereocenters. The van der Waals surface area contributed by atoms with E-state index in [1.165, 1.54) is 43.7 Å². The average molecular weight is 261 g/mol. The lowest BCUT2D eigenvalue weighted by Gasteiger charge is -2.29. The van der Waals surface area contributed by atoms with Crippen LogP contribution in [0.3, 0.4) is 0 Å². The van der Waals surface area contributed by atoms with E-state index < -0.39 is 0 Å². The highest BCUT2D eigenvalue weighted by atomic mass is 15.2. The fourth-order valence-corrected chi connectivity index (χ4v) is 3.19. The molecule has 0 aliphatic carbocycles. The summed E-state index contributed by atoms with van der Waals surface area (Å²) in [4.78, 5) is 9.66. The van der Waals surface area contributed by atoms with E-state index >= 15 is 0 Å². The van der Waals surface area contributed by atoms with Gasteiger partial charge in [0.1, 0.15) is 5.82 Å². The Morgan fingerprint density at radius 2 is 2.11 bits per heavy atom. The van der Waals surface area contributed by atoms with Gasteiger partial charge in [-0.25, -0.2) is 4.98 Å². The van der Waals surface area contributed by atoms with Gasteiger partial charge in [0.15, 0.2) is 0 Å². The van der Waals surface area contributed by atoms with Gasteiger partial charge in [-0.1, -0.05) is 13.0 Å². The fourth-order valence-electron chi connectivity index (χ4n) is 3.19. The van der Waals surface area contributed by atoms with Gasteiger partial charge >= 0.3 is 0 Å². The Hall–Kier alpha value is -1.09. The van der Waals surface area contributed by atoms with E-state index in [-0.39, 0.29) is 0 Å². The van der Waals surface area contributed by atoms with Crippen LogP contribution in [0.2, 0.25) is 0 Å². The first kappa shape index (κ1) is 14.3. The van der Waals surface area contributed by atoms with Gasteiger partial charge in [-0.2, -0.15) is 0 Å². The van der Waals surface area contributed by atoms with Crippen LogP contribution < -0.4 is 4.90 Å². The van der Waals surface area contributed by atoms with Crippen molar-refractivity contribution < 1.29 is 0 Å². The maximum absolute atomic E-state index is 4.66. The number of nitrogens with zero attached hydrogens (tertiary/aromatic N) is 3. The number of anilines is 1. The molecule has 1 aromatic rings. The maximum Gasteiger partial charge on any atom is 0.133 e. The van der Waals surface area contributed by atoms with Crippen LogP contribution >= 0.6 is 0 Å². The van der Waals surface area contributed by atoms with Gasteiger partial charge in [0.05, 0.1) is 0 Å². The quantitative estimate of drug-likeness (QED) is 0.781. The second-order valence-electron chi connectivity index (χ2n) is 5.28. The number of rotatable bonds is 6. The molecule has 3 nitrogen and oxygen atoms in total. The molecule has 0 N–H and O–H groups in total. The van der Waals surface area contributed by atoms with Crippen LogP contribution in [-0.4, -0.2) is 36.1 Å². The smallest absolute Gasteiger partial charge is 0.133 e. The van der Waals surface area contributed by atoms with Crippen LogP contribution in [0.1, 0.15) is 51.6 Å². The third kappa shape index (κ3) is 3.08. The summed E-state index contributed by atoms with van der Waals surface area (Å²) >= 11 is 0. The Labute approximate surface area is 117 Å². The standard InChI is InChI=1S/C16H27N3/c1-4-12-19-13-8-10-15(19)14-9-7-11-17-16(14)18(5-2)6-3/h7,9,11,15H,4-6,8,10,12-13H2,1-3H3/t15-/m0/s1. The zero-order valence-electron chi connectivity index (χ0n) is 12.6. The van der Waals surface area contributed by atoms with Crippen molar-refractivity contribution in [2.24, 2.45) is 0 Å². The molecule has 0 radical (unpaired) electrons. The number of hydrogen-bond donors (Lipinski definition) is 0. The van der Waals surface area contributed by atoms with E-state index in [1.54, 1.807) is 0 Å². The normalized spacial score (nSPS) is 19.8. The first-order valence-corrected chi connectivity index (χ1v) is 7.75. The van der Waals surface area contributed by atoms with E-state index in [4.69, 9.17) is 0 Å². The van der Waals surface area contributed by atoms with Crippen LogP contribution in [0, 0.1) is 0 Å². The van der Waals surface area contributed by atoms with Crippen molar-refractivity contribution in [3.05, 3.63) is 23.9 Å². The minimum absolute atomic E-state index is 0.573. The lowest BCUT2D eigenvalue weighted by Crippen LogP contribution is -2.29. The number of aromatic nitrogens is 1. The lowest BCUT2D eigenvalue weighted by atomic mass is 10.0. The Bertz CT molecular complexity index is 387. The molecular weight excluding hydrogens is 234 g/mol. The summed E-state index contributed by atoms with van der Waals surface area (Å²) in [5.74, 6) is 1.19. The van der Waals surface area contributed by atoms with Crippen molar-refractivity contribution in [1.82, 2.24) is 9.88 Å². The van der Waals surface area contributed by atoms with Crippen molar-refractivity contribution in [3.8, 4) is 0 Å². The van der Waals surface area contributed by atoms with Crippen molar-refractivity contribution in [2.45, 2.75) is 46.1 Å². The van der Waals surface area contributed by atoms with Crippen LogP contribution in [0.5, 0.6) is 0 Å². The van der Waals surface area contributed by atoms with E-state index in [0.717, 1.165) is 13.1 Å². The van der Waals surface area contributed by atoms with Gasteiger partial charge in [-0.3, -0.25) is 4.90 Å². The molecule has 106 valence electrons. The summed E-state index contributed by atoms with van der Waals surface area (Å²) in [5, 5.41) is 0. The first-order valence-electron chi connectivity index (χ1n) is 7.75. The van der Waals surface area contributed by atoms with Crippen molar-refractivity contribution >= 4 is 5.82 Å². The zero-order chi connectivity index (χ0) is 13.7. The maximum atomic E-state index is 4.66. The monoisotopic (exact) mass is 261 g/mol. The van der Waals surface area contributed by atoms with Gasteiger partial charge < -0.3 is 4.90 Å². The average Bonchev–Trinajstić information content (AvgIpc) is 2.89. The molecule has 1 aliphatic heterocycles. The molecule has 0 saturated carbocycles. The topological polar surface area (TPSA) is 19.4 Å². The largest absolute Gasteiger partial charge is 0.357 e. The molecule has 19 heavy (non-hydrogen) atoms. The predicted molar refractivity (Wildman–Crippen MR) is 81.6 cm³/mol. The summed E-state index contributed by atoms with van der Waals surface area (Å²) < 4.78 is 0. The number of likely N-dealkylation sites (tertiary alicyclic amines) is 1. The van der Waals surface area contributed by atoms with E-state index in [0.29, 0.717) is 6.04 Å². The number of hydrogen-bond acceptors (Lipinski definition) is 3. The molecule has 0 spiro atoms. The molecular formula is C16H27N3. The van der Waals surface area contributed by atoms with E-state index in [2.05, 4.69) is 47.7 Å². The van der Waals surface area contributed by atoms with Gasteiger partial charge in [0, 0.05) is 30.9 Å². The summed E-state index contributed by atoms with van der Waals surface area (Å²) in [6, 6.07) is 4.94. The van der Waals surface area contributed by atoms with Crippen LogP contribution in [0.4, 0.5) is 5.82 Å². The molecule has 1 aliphatic rings. The minimum atomic E-state index is 0.573. The molecule has 1 fully saturated rings. The fraction of sp³-hybridized carbons (Fsp3) is 0.688. The Morgan fingerprint density at radius 3 is 2.79 bits per heavy atom. The molecule has 0 amide bonds. The highest BCUT2D eigenvalue weighted by molar-refractivity contribution is 5.48. The van der Waals surface area contributed by atoms with Crippen molar-refractivity contribution in [3.63, 3.8) is 0 Å². The van der Waals surface area contributed by atoms with Crippen LogP contribution in [0.25, 0.3) is 0 Å². The number of pyridine rings is 1. The molecule has 0 aromatic carbocycles. The van der Waals surface area contributed by atoms with Gasteiger partial charge in [-0.05, 0) is 52.3 Å². The van der Waals surface area contributed by atoms with Gasteiger partial charge in [0.2, 0.25) is 0 Å². The first-order chi connectivity index (χ1) is 9.31. The van der Waals surface area contributed by atoms with Crippen molar-refractivity contribution in [1.29, 1.82) is 0 Å². The predicted octanol–water partition coefficient (Wildman–Crippen LogP) is 3.47. The molecule has 2 heterocycles. The SMILES string of the molecule is CCCN1CCC[C@H]1c1cccnc1N(CC)CC. The molecule has 0 bridgehead atoms. The second-order valence-corrected chi connectivity index (χ2v) is 5.28. The highest BCUT2D eigenvalue weighted by Crippen LogP contribution is 2.36. The Morgan fingerprint density at radius 1 is 1.32 bits per heavy atom. The van der Waals surface area contributed by atoms with E-state index in [9.17, 15) is 0 Å². The summed E-state index contributed by atoms with van der Waals surface area (Å²) in [6.07, 6.45) is 5.75. The van der Waals surface area contributed by atoms with Crippen LogP contribution in [-0.2, 0) is 0 Å². The highest BCUT2D eigenvalue weighted by Gasteiger charge is 2.28. The Kier molecular flexibility index (Phi) is 5.20. The zero-order valence-corrected chi connectivity index (χ0v) is 12.6. The second kappa shape index (κ2) is 6.90. The summed E-state index contributed by atoms with van der Waals surface area (Å²) in [6.45, 7) is 11.2. The third-order valence-electron chi connectivity index (χ3n) is 4.11. The van der Waals surface area contributed by atoms with Crippen molar-refractivity contribution in [2.75, 3.05) is 31.1 Å². The Balaban J connectivity index is 2.28. The molecule has 3 heteroatoms. The van der Waals surface area contributed by atoms with Gasteiger partial charge in [0.25, 0.3) is 0 Å².